The number of benzene rings is 1. The lowest BCUT2D eigenvalue weighted by molar-refractivity contribution is 0.590. The summed E-state index contributed by atoms with van der Waals surface area (Å²) in [7, 11) is 0. The minimum absolute atomic E-state index is 0.0583. The Morgan fingerprint density at radius 3 is 2.68 bits per heavy atom. The summed E-state index contributed by atoms with van der Waals surface area (Å²) in [5, 5.41) is 4.22. The lowest BCUT2D eigenvalue weighted by Gasteiger charge is -2.06. The maximum atomic E-state index is 13.7. The molecule has 2 heterocycles. The number of rotatable bonds is 1. The fourth-order valence-electron chi connectivity index (χ4n) is 1.78. The standard InChI is InChI=1S/C11H8F2N6/c1-5-15-4-19(18-5)10-7-2-6(12)3-8(13)9(7)16-11(14)17-10/h2-4H,1H3,(H2,14,16,17). The van der Waals surface area contributed by atoms with E-state index in [9.17, 15) is 8.78 Å². The van der Waals surface area contributed by atoms with Crippen molar-refractivity contribution in [2.24, 2.45) is 0 Å². The van der Waals surface area contributed by atoms with Crippen LogP contribution in [-0.4, -0.2) is 24.7 Å². The molecule has 2 aromatic heterocycles. The smallest absolute Gasteiger partial charge is 0.222 e. The molecular formula is C11H8F2N6. The number of aryl methyl sites for hydroxylation is 1. The van der Waals surface area contributed by atoms with Crippen LogP contribution < -0.4 is 5.73 Å². The van der Waals surface area contributed by atoms with Crippen LogP contribution in [0.4, 0.5) is 14.7 Å². The first-order chi connectivity index (χ1) is 9.04. The molecule has 0 atom stereocenters. The molecule has 1 aromatic carbocycles. The van der Waals surface area contributed by atoms with Gasteiger partial charge in [-0.05, 0) is 13.0 Å². The van der Waals surface area contributed by atoms with Gasteiger partial charge in [0, 0.05) is 6.07 Å². The summed E-state index contributed by atoms with van der Waals surface area (Å²) in [5.41, 5.74) is 5.47. The Kier molecular flexibility index (Phi) is 2.37. The summed E-state index contributed by atoms with van der Waals surface area (Å²) >= 11 is 0. The van der Waals surface area contributed by atoms with Gasteiger partial charge in [-0.1, -0.05) is 0 Å². The third-order valence-corrected chi connectivity index (χ3v) is 2.54. The van der Waals surface area contributed by atoms with E-state index >= 15 is 0 Å². The maximum Gasteiger partial charge on any atom is 0.222 e. The summed E-state index contributed by atoms with van der Waals surface area (Å²) < 4.78 is 28.3. The predicted octanol–water partition coefficient (Wildman–Crippen LogP) is 1.38. The molecule has 0 unspecified atom stereocenters. The molecule has 0 aliphatic rings. The highest BCUT2D eigenvalue weighted by molar-refractivity contribution is 5.86. The van der Waals surface area contributed by atoms with Crippen LogP contribution in [0.15, 0.2) is 18.5 Å². The average Bonchev–Trinajstić information content (AvgIpc) is 2.76. The summed E-state index contributed by atoms with van der Waals surface area (Å²) in [6, 6.07) is 1.87. The van der Waals surface area contributed by atoms with Crippen molar-refractivity contribution < 1.29 is 8.78 Å². The molecule has 19 heavy (non-hydrogen) atoms. The van der Waals surface area contributed by atoms with Crippen LogP contribution in [0.1, 0.15) is 5.82 Å². The number of halogens is 2. The third kappa shape index (κ3) is 1.86. The fourth-order valence-corrected chi connectivity index (χ4v) is 1.78. The first-order valence-corrected chi connectivity index (χ1v) is 5.35. The minimum atomic E-state index is -0.804. The first kappa shape index (κ1) is 11.5. The van der Waals surface area contributed by atoms with Crippen molar-refractivity contribution in [2.45, 2.75) is 6.92 Å². The van der Waals surface area contributed by atoms with Crippen LogP contribution in [0.5, 0.6) is 0 Å². The highest BCUT2D eigenvalue weighted by Gasteiger charge is 2.14. The van der Waals surface area contributed by atoms with Gasteiger partial charge in [0.05, 0.1) is 5.39 Å². The largest absolute Gasteiger partial charge is 0.368 e. The van der Waals surface area contributed by atoms with Crippen molar-refractivity contribution in [3.8, 4) is 5.82 Å². The van der Waals surface area contributed by atoms with Crippen LogP contribution >= 0.6 is 0 Å². The number of hydrogen-bond acceptors (Lipinski definition) is 5. The van der Waals surface area contributed by atoms with E-state index in [0.717, 1.165) is 12.1 Å². The third-order valence-electron chi connectivity index (χ3n) is 2.54. The summed E-state index contributed by atoms with van der Waals surface area (Å²) in [5.74, 6) is -0.969. The molecule has 8 heteroatoms. The van der Waals surface area contributed by atoms with Gasteiger partial charge in [0.2, 0.25) is 5.95 Å². The molecule has 0 radical (unpaired) electrons. The van der Waals surface area contributed by atoms with E-state index in [1.54, 1.807) is 6.92 Å². The van der Waals surface area contributed by atoms with Crippen molar-refractivity contribution in [1.29, 1.82) is 0 Å². The van der Waals surface area contributed by atoms with Gasteiger partial charge >= 0.3 is 0 Å². The van der Waals surface area contributed by atoms with Gasteiger partial charge in [0.15, 0.2) is 11.6 Å². The van der Waals surface area contributed by atoms with Crippen molar-refractivity contribution in [3.63, 3.8) is 0 Å². The SMILES string of the molecule is Cc1ncn(-c2nc(N)nc3c(F)cc(F)cc23)n1. The van der Waals surface area contributed by atoms with E-state index in [1.165, 1.54) is 11.0 Å². The van der Waals surface area contributed by atoms with Gasteiger partial charge in [-0.3, -0.25) is 0 Å². The minimum Gasteiger partial charge on any atom is -0.368 e. The number of aromatic nitrogens is 5. The molecule has 0 saturated carbocycles. The van der Waals surface area contributed by atoms with E-state index in [-0.39, 0.29) is 22.7 Å². The van der Waals surface area contributed by atoms with Crippen molar-refractivity contribution in [3.05, 3.63) is 35.9 Å². The maximum absolute atomic E-state index is 13.7. The van der Waals surface area contributed by atoms with Crippen molar-refractivity contribution >= 4 is 16.9 Å². The second-order valence-corrected chi connectivity index (χ2v) is 3.93. The zero-order chi connectivity index (χ0) is 13.6. The molecule has 2 N–H and O–H groups in total. The van der Waals surface area contributed by atoms with Crippen LogP contribution in [0, 0.1) is 18.6 Å². The van der Waals surface area contributed by atoms with Crippen LogP contribution in [0.3, 0.4) is 0 Å². The van der Waals surface area contributed by atoms with E-state index in [4.69, 9.17) is 5.73 Å². The second kappa shape index (κ2) is 3.94. The Balaban J connectivity index is 2.40. The van der Waals surface area contributed by atoms with Gasteiger partial charge < -0.3 is 5.73 Å². The quantitative estimate of drug-likeness (QED) is 0.716. The molecule has 0 aliphatic heterocycles. The van der Waals surface area contributed by atoms with E-state index in [2.05, 4.69) is 20.1 Å². The van der Waals surface area contributed by atoms with E-state index in [0.29, 0.717) is 5.82 Å². The van der Waals surface area contributed by atoms with Gasteiger partial charge in [-0.2, -0.15) is 10.1 Å². The number of nitrogen functional groups attached to an aromatic ring is 1. The number of nitrogens with zero attached hydrogens (tertiary/aromatic N) is 5. The molecule has 3 rings (SSSR count). The highest BCUT2D eigenvalue weighted by atomic mass is 19.1. The van der Waals surface area contributed by atoms with Gasteiger partial charge in [-0.25, -0.2) is 23.4 Å². The lowest BCUT2D eigenvalue weighted by Crippen LogP contribution is -2.06. The second-order valence-electron chi connectivity index (χ2n) is 3.93. The Morgan fingerprint density at radius 2 is 2.00 bits per heavy atom. The molecule has 6 nitrogen and oxygen atoms in total. The Labute approximate surface area is 105 Å². The van der Waals surface area contributed by atoms with Crippen molar-refractivity contribution in [2.75, 3.05) is 5.73 Å². The molecule has 0 bridgehead atoms. The monoisotopic (exact) mass is 262 g/mol. The summed E-state index contributed by atoms with van der Waals surface area (Å²) in [6.07, 6.45) is 1.39. The molecular weight excluding hydrogens is 254 g/mol. The Bertz CT molecular complexity index is 782. The molecule has 0 aliphatic carbocycles. The molecule has 0 saturated heterocycles. The number of fused-ring (bicyclic) bond motifs is 1. The van der Waals surface area contributed by atoms with Crippen LogP contribution in [0.2, 0.25) is 0 Å². The summed E-state index contributed by atoms with van der Waals surface area (Å²) in [4.78, 5) is 11.7. The first-order valence-electron chi connectivity index (χ1n) is 5.35. The topological polar surface area (TPSA) is 82.5 Å². The fraction of sp³-hybridized carbons (Fsp3) is 0.0909. The Hall–Kier alpha value is -2.64. The Morgan fingerprint density at radius 1 is 1.21 bits per heavy atom. The molecule has 0 spiro atoms. The molecule has 96 valence electrons. The van der Waals surface area contributed by atoms with E-state index < -0.39 is 11.6 Å². The van der Waals surface area contributed by atoms with Gasteiger partial charge in [0.25, 0.3) is 0 Å². The number of anilines is 1. The molecule has 0 fully saturated rings. The summed E-state index contributed by atoms with van der Waals surface area (Å²) in [6.45, 7) is 1.68. The zero-order valence-corrected chi connectivity index (χ0v) is 9.80. The molecule has 0 amide bonds. The normalized spacial score (nSPS) is 11.1. The number of nitrogens with two attached hydrogens (primary N) is 1. The van der Waals surface area contributed by atoms with Gasteiger partial charge in [0.1, 0.15) is 23.5 Å². The van der Waals surface area contributed by atoms with Crippen LogP contribution in [0.25, 0.3) is 16.7 Å². The highest BCUT2D eigenvalue weighted by Crippen LogP contribution is 2.23. The lowest BCUT2D eigenvalue weighted by atomic mass is 10.2. The predicted molar refractivity (Wildman–Crippen MR) is 63.5 cm³/mol. The molecule has 3 aromatic rings. The average molecular weight is 262 g/mol. The van der Waals surface area contributed by atoms with E-state index in [1.807, 2.05) is 0 Å². The zero-order valence-electron chi connectivity index (χ0n) is 9.80. The number of hydrogen-bond donors (Lipinski definition) is 1. The van der Waals surface area contributed by atoms with Gasteiger partial charge in [-0.15, -0.1) is 0 Å². The van der Waals surface area contributed by atoms with Crippen LogP contribution in [-0.2, 0) is 0 Å². The van der Waals surface area contributed by atoms with Crippen molar-refractivity contribution in [1.82, 2.24) is 24.7 Å².